The first kappa shape index (κ1) is 17.1. The Morgan fingerprint density at radius 1 is 1.15 bits per heavy atom. The molecule has 1 aromatic heterocycles. The highest BCUT2D eigenvalue weighted by Crippen LogP contribution is 2.38. The molecule has 2 aromatic carbocycles. The second kappa shape index (κ2) is 6.41. The van der Waals surface area contributed by atoms with Crippen LogP contribution in [0.15, 0.2) is 53.9 Å². The van der Waals surface area contributed by atoms with Gasteiger partial charge in [-0.2, -0.15) is 0 Å². The molecule has 0 spiro atoms. The average molecular weight is 386 g/mol. The zero-order valence-electron chi connectivity index (χ0n) is 13.8. The minimum absolute atomic E-state index is 0.218. The number of nitrogens with zero attached hydrogens (tertiary/aromatic N) is 1. The number of likely N-dealkylation sites (tertiary alicyclic amines) is 1. The van der Waals surface area contributed by atoms with E-state index in [9.17, 15) is 14.7 Å². The Morgan fingerprint density at radius 2 is 1.88 bits per heavy atom. The second-order valence-corrected chi connectivity index (χ2v) is 7.84. The van der Waals surface area contributed by atoms with Gasteiger partial charge in [0, 0.05) is 33.5 Å². The monoisotopic (exact) mass is 385 g/mol. The van der Waals surface area contributed by atoms with Crippen molar-refractivity contribution in [1.29, 1.82) is 0 Å². The molecule has 1 aliphatic rings. The number of hydrogen-bond donors (Lipinski definition) is 1. The van der Waals surface area contributed by atoms with Crippen molar-refractivity contribution in [2.45, 2.75) is 18.4 Å². The van der Waals surface area contributed by atoms with E-state index in [-0.39, 0.29) is 12.3 Å². The lowest BCUT2D eigenvalue weighted by Gasteiger charge is -2.49. The molecule has 0 saturated carbocycles. The molecule has 0 radical (unpaired) electrons. The minimum Gasteiger partial charge on any atom is -0.479 e. The van der Waals surface area contributed by atoms with Crippen molar-refractivity contribution in [2.75, 3.05) is 6.54 Å². The molecule has 0 aliphatic carbocycles. The Labute approximate surface area is 159 Å². The van der Waals surface area contributed by atoms with Gasteiger partial charge in [0.15, 0.2) is 0 Å². The number of thiophene rings is 1. The van der Waals surface area contributed by atoms with Crippen LogP contribution in [0.1, 0.15) is 22.3 Å². The Balaban J connectivity index is 1.67. The van der Waals surface area contributed by atoms with Gasteiger partial charge in [-0.1, -0.05) is 41.9 Å². The fraction of sp³-hybridized carbons (Fsp3) is 0.200. The molecular formula is C20H16ClNO3S. The quantitative estimate of drug-likeness (QED) is 0.721. The first-order valence-electron chi connectivity index (χ1n) is 8.27. The summed E-state index contributed by atoms with van der Waals surface area (Å²) in [4.78, 5) is 26.7. The molecule has 3 aromatic rings. The van der Waals surface area contributed by atoms with Gasteiger partial charge in [-0.3, -0.25) is 4.79 Å². The maximum absolute atomic E-state index is 13.1. The van der Waals surface area contributed by atoms with Crippen molar-refractivity contribution in [3.05, 3.63) is 70.1 Å². The van der Waals surface area contributed by atoms with Crippen molar-refractivity contribution in [3.63, 3.8) is 0 Å². The number of benzene rings is 2. The van der Waals surface area contributed by atoms with Crippen molar-refractivity contribution < 1.29 is 14.7 Å². The molecule has 26 heavy (non-hydrogen) atoms. The number of fused-ring (bicyclic) bond motifs is 1. The lowest BCUT2D eigenvalue weighted by atomic mass is 9.78. The van der Waals surface area contributed by atoms with Crippen LogP contribution in [0.5, 0.6) is 0 Å². The second-order valence-electron chi connectivity index (χ2n) is 6.49. The molecule has 1 N–H and O–H groups in total. The first-order valence-corrected chi connectivity index (χ1v) is 9.53. The van der Waals surface area contributed by atoms with E-state index in [2.05, 4.69) is 0 Å². The Bertz CT molecular complexity index is 998. The summed E-state index contributed by atoms with van der Waals surface area (Å²) < 4.78 is 1.02. The highest BCUT2D eigenvalue weighted by atomic mass is 35.5. The third kappa shape index (κ3) is 2.68. The number of hydrogen-bond acceptors (Lipinski definition) is 3. The van der Waals surface area contributed by atoms with Crippen LogP contribution in [0.2, 0.25) is 5.02 Å². The highest BCUT2D eigenvalue weighted by Gasteiger charge is 2.53. The topological polar surface area (TPSA) is 57.6 Å². The SMILES string of the molecule is O=C(c1csc2ccccc12)N1CCC1(Cc1ccc(Cl)cc1)C(=O)O. The summed E-state index contributed by atoms with van der Waals surface area (Å²) >= 11 is 7.41. The summed E-state index contributed by atoms with van der Waals surface area (Å²) in [6.45, 7) is 0.447. The van der Waals surface area contributed by atoms with Gasteiger partial charge in [-0.25, -0.2) is 4.79 Å². The van der Waals surface area contributed by atoms with Crippen LogP contribution >= 0.6 is 22.9 Å². The number of carboxylic acid groups (broad SMARTS) is 1. The standard InChI is InChI=1S/C20H16ClNO3S/c21-14-7-5-13(6-8-14)11-20(19(24)25)9-10-22(20)18(23)16-12-26-17-4-2-1-3-15(16)17/h1-8,12H,9-11H2,(H,24,25). The molecule has 1 saturated heterocycles. The van der Waals surface area contributed by atoms with Crippen molar-refractivity contribution in [2.24, 2.45) is 0 Å². The lowest BCUT2D eigenvalue weighted by Crippen LogP contribution is -2.67. The molecule has 4 rings (SSSR count). The molecule has 4 nitrogen and oxygen atoms in total. The lowest BCUT2D eigenvalue weighted by molar-refractivity contribution is -0.157. The predicted octanol–water partition coefficient (Wildman–Crippen LogP) is 4.47. The van der Waals surface area contributed by atoms with E-state index in [4.69, 9.17) is 11.6 Å². The summed E-state index contributed by atoms with van der Waals surface area (Å²) in [5, 5.41) is 13.2. The van der Waals surface area contributed by atoms with Gasteiger partial charge < -0.3 is 10.0 Å². The molecule has 1 atom stereocenters. The third-order valence-corrected chi connectivity index (χ3v) is 6.25. The third-order valence-electron chi connectivity index (χ3n) is 5.03. The molecule has 1 aliphatic heterocycles. The van der Waals surface area contributed by atoms with E-state index in [1.54, 1.807) is 12.1 Å². The number of carboxylic acids is 1. The van der Waals surface area contributed by atoms with Crippen LogP contribution in [0.3, 0.4) is 0 Å². The molecule has 2 heterocycles. The molecule has 6 heteroatoms. The van der Waals surface area contributed by atoms with Gasteiger partial charge in [-0.15, -0.1) is 11.3 Å². The van der Waals surface area contributed by atoms with Crippen LogP contribution in [-0.2, 0) is 11.2 Å². The minimum atomic E-state index is -1.20. The fourth-order valence-electron chi connectivity index (χ4n) is 3.50. The van der Waals surface area contributed by atoms with E-state index >= 15 is 0 Å². The van der Waals surface area contributed by atoms with Crippen molar-refractivity contribution in [3.8, 4) is 0 Å². The number of rotatable bonds is 4. The molecule has 1 amide bonds. The van der Waals surface area contributed by atoms with E-state index in [0.717, 1.165) is 15.6 Å². The average Bonchev–Trinajstić information content (AvgIpc) is 3.04. The summed E-state index contributed by atoms with van der Waals surface area (Å²) in [6.07, 6.45) is 0.714. The highest BCUT2D eigenvalue weighted by molar-refractivity contribution is 7.17. The van der Waals surface area contributed by atoms with E-state index in [1.165, 1.54) is 16.2 Å². The number of carbonyl (C=O) groups is 2. The summed E-state index contributed by atoms with van der Waals surface area (Å²) in [5.41, 5.74) is 0.227. The van der Waals surface area contributed by atoms with Crippen molar-refractivity contribution >= 4 is 44.9 Å². The Morgan fingerprint density at radius 3 is 2.54 bits per heavy atom. The maximum Gasteiger partial charge on any atom is 0.330 e. The largest absolute Gasteiger partial charge is 0.479 e. The smallest absolute Gasteiger partial charge is 0.330 e. The van der Waals surface area contributed by atoms with Crippen LogP contribution < -0.4 is 0 Å². The number of aliphatic carboxylic acids is 1. The summed E-state index contributed by atoms with van der Waals surface area (Å²) in [7, 11) is 0. The number of carbonyl (C=O) groups excluding carboxylic acids is 1. The molecule has 0 bridgehead atoms. The van der Waals surface area contributed by atoms with Crippen LogP contribution in [0.25, 0.3) is 10.1 Å². The van der Waals surface area contributed by atoms with Crippen molar-refractivity contribution in [1.82, 2.24) is 4.90 Å². The summed E-state index contributed by atoms with van der Waals surface area (Å²) in [5.74, 6) is -1.18. The van der Waals surface area contributed by atoms with Gasteiger partial charge in [0.1, 0.15) is 5.54 Å². The maximum atomic E-state index is 13.1. The molecular weight excluding hydrogens is 370 g/mol. The Hall–Kier alpha value is -2.37. The van der Waals surface area contributed by atoms with Gasteiger partial charge >= 0.3 is 5.97 Å². The number of amides is 1. The molecule has 1 unspecified atom stereocenters. The van der Waals surface area contributed by atoms with Gasteiger partial charge in [-0.05, 0) is 30.2 Å². The zero-order chi connectivity index (χ0) is 18.3. The van der Waals surface area contributed by atoms with Gasteiger partial charge in [0.25, 0.3) is 5.91 Å². The van der Waals surface area contributed by atoms with Gasteiger partial charge in [0.05, 0.1) is 5.56 Å². The molecule has 1 fully saturated rings. The zero-order valence-corrected chi connectivity index (χ0v) is 15.4. The van der Waals surface area contributed by atoms with Crippen LogP contribution in [-0.4, -0.2) is 34.0 Å². The van der Waals surface area contributed by atoms with Crippen LogP contribution in [0, 0.1) is 0 Å². The van der Waals surface area contributed by atoms with E-state index < -0.39 is 11.5 Å². The number of halogens is 1. The van der Waals surface area contributed by atoms with E-state index in [0.29, 0.717) is 23.6 Å². The van der Waals surface area contributed by atoms with E-state index in [1.807, 2.05) is 41.8 Å². The molecule has 132 valence electrons. The first-order chi connectivity index (χ1) is 12.5. The van der Waals surface area contributed by atoms with Crippen LogP contribution in [0.4, 0.5) is 0 Å². The normalized spacial score (nSPS) is 19.3. The summed E-state index contributed by atoms with van der Waals surface area (Å²) in [6, 6.07) is 14.8. The fourth-order valence-corrected chi connectivity index (χ4v) is 4.56. The predicted molar refractivity (Wildman–Crippen MR) is 103 cm³/mol. The Kier molecular flexibility index (Phi) is 4.21. The van der Waals surface area contributed by atoms with Gasteiger partial charge in [0.2, 0.25) is 0 Å².